The summed E-state index contributed by atoms with van der Waals surface area (Å²) >= 11 is 0. The zero-order valence-electron chi connectivity index (χ0n) is 16.8. The quantitative estimate of drug-likeness (QED) is 0.683. The van der Waals surface area contributed by atoms with Crippen molar-refractivity contribution >= 4 is 17.7 Å². The zero-order chi connectivity index (χ0) is 19.3. The molecule has 6 fully saturated rings. The molecule has 6 nitrogen and oxygen atoms in total. The smallest absolute Gasteiger partial charge is 0.242 e. The van der Waals surface area contributed by atoms with E-state index in [-0.39, 0.29) is 35.1 Å². The van der Waals surface area contributed by atoms with Gasteiger partial charge in [-0.1, -0.05) is 0 Å². The van der Waals surface area contributed by atoms with Crippen molar-refractivity contribution in [2.24, 2.45) is 29.1 Å². The Morgan fingerprint density at radius 3 is 1.96 bits per heavy atom. The van der Waals surface area contributed by atoms with E-state index in [1.807, 2.05) is 4.90 Å². The van der Waals surface area contributed by atoms with Gasteiger partial charge >= 0.3 is 0 Å². The molecule has 3 amide bonds. The molecule has 5 aliphatic carbocycles. The van der Waals surface area contributed by atoms with E-state index in [9.17, 15) is 14.4 Å². The van der Waals surface area contributed by atoms with Gasteiger partial charge in [-0.2, -0.15) is 0 Å². The second kappa shape index (κ2) is 7.03. The second-order valence-corrected chi connectivity index (χ2v) is 10.2. The molecule has 4 bridgehead atoms. The first kappa shape index (κ1) is 18.4. The number of carbonyl (C=O) groups excluding carboxylic acids is 3. The Balaban J connectivity index is 1.17. The predicted molar refractivity (Wildman–Crippen MR) is 104 cm³/mol. The lowest BCUT2D eigenvalue weighted by molar-refractivity contribution is -0.160. The van der Waals surface area contributed by atoms with Crippen molar-refractivity contribution in [1.29, 1.82) is 0 Å². The first-order valence-electron chi connectivity index (χ1n) is 11.4. The van der Waals surface area contributed by atoms with Crippen molar-refractivity contribution in [2.45, 2.75) is 70.3 Å². The fourth-order valence-electron chi connectivity index (χ4n) is 6.94. The maximum absolute atomic E-state index is 13.6. The van der Waals surface area contributed by atoms with E-state index in [0.29, 0.717) is 13.1 Å². The summed E-state index contributed by atoms with van der Waals surface area (Å²) in [7, 11) is 0. The standard InChI is InChI=1S/C22H33N3O3/c26-19(17-3-4-17)23-5-6-24-20(27)18-2-1-7-25(18)21(28)22-11-14-8-15(12-22)10-16(9-14)13-22/h14-18H,1-13H2,(H,23,26)(H,24,27). The minimum absolute atomic E-state index is 0.0451. The maximum Gasteiger partial charge on any atom is 0.242 e. The van der Waals surface area contributed by atoms with E-state index in [1.165, 1.54) is 19.3 Å². The monoisotopic (exact) mass is 387 g/mol. The Hall–Kier alpha value is -1.59. The first-order valence-corrected chi connectivity index (χ1v) is 11.4. The molecule has 2 N–H and O–H groups in total. The topological polar surface area (TPSA) is 78.5 Å². The van der Waals surface area contributed by atoms with Crippen LogP contribution in [0.5, 0.6) is 0 Å². The molecule has 1 saturated heterocycles. The number of rotatable bonds is 6. The molecular formula is C22H33N3O3. The van der Waals surface area contributed by atoms with Crippen LogP contribution in [0.1, 0.15) is 64.2 Å². The Bertz CT molecular complexity index is 637. The van der Waals surface area contributed by atoms with E-state index < -0.39 is 0 Å². The van der Waals surface area contributed by atoms with Gasteiger partial charge in [-0.05, 0) is 82.0 Å². The molecule has 154 valence electrons. The average molecular weight is 388 g/mol. The number of hydrogen-bond acceptors (Lipinski definition) is 3. The van der Waals surface area contributed by atoms with Crippen molar-refractivity contribution in [3.63, 3.8) is 0 Å². The molecule has 1 aliphatic heterocycles. The van der Waals surface area contributed by atoms with Crippen LogP contribution in [-0.2, 0) is 14.4 Å². The van der Waals surface area contributed by atoms with Crippen molar-refractivity contribution in [3.8, 4) is 0 Å². The molecule has 1 unspecified atom stereocenters. The van der Waals surface area contributed by atoms with Crippen molar-refractivity contribution < 1.29 is 14.4 Å². The number of nitrogens with one attached hydrogen (secondary N) is 2. The summed E-state index contributed by atoms with van der Waals surface area (Å²) in [6.07, 6.45) is 10.8. The molecule has 0 aromatic carbocycles. The summed E-state index contributed by atoms with van der Waals surface area (Å²) < 4.78 is 0. The van der Waals surface area contributed by atoms with E-state index >= 15 is 0 Å². The molecule has 0 aromatic rings. The van der Waals surface area contributed by atoms with Crippen LogP contribution in [0.4, 0.5) is 0 Å². The first-order chi connectivity index (χ1) is 13.5. The molecule has 6 heteroatoms. The van der Waals surface area contributed by atoms with Crippen LogP contribution >= 0.6 is 0 Å². The number of likely N-dealkylation sites (tertiary alicyclic amines) is 1. The summed E-state index contributed by atoms with van der Waals surface area (Å²) in [5.41, 5.74) is -0.171. The van der Waals surface area contributed by atoms with E-state index in [0.717, 1.165) is 69.2 Å². The third kappa shape index (κ3) is 3.33. The normalized spacial score (nSPS) is 38.5. The highest BCUT2D eigenvalue weighted by atomic mass is 16.2. The number of hydrogen-bond donors (Lipinski definition) is 2. The minimum Gasteiger partial charge on any atom is -0.354 e. The van der Waals surface area contributed by atoms with Crippen LogP contribution in [0, 0.1) is 29.1 Å². The Kier molecular flexibility index (Phi) is 4.63. The molecule has 1 heterocycles. The summed E-state index contributed by atoms with van der Waals surface area (Å²) in [5.74, 6) is 2.73. The van der Waals surface area contributed by atoms with Crippen LogP contribution in [0.15, 0.2) is 0 Å². The zero-order valence-corrected chi connectivity index (χ0v) is 16.8. The highest BCUT2D eigenvalue weighted by molar-refractivity contribution is 5.91. The van der Waals surface area contributed by atoms with E-state index in [1.54, 1.807) is 0 Å². The molecule has 0 spiro atoms. The second-order valence-electron chi connectivity index (χ2n) is 10.2. The molecule has 28 heavy (non-hydrogen) atoms. The Labute approximate surface area is 167 Å². The molecule has 6 aliphatic rings. The van der Waals surface area contributed by atoms with Crippen molar-refractivity contribution in [1.82, 2.24) is 15.5 Å². The van der Waals surface area contributed by atoms with Crippen molar-refractivity contribution in [2.75, 3.05) is 19.6 Å². The predicted octanol–water partition coefficient (Wildman–Crippen LogP) is 1.84. The van der Waals surface area contributed by atoms with Gasteiger partial charge in [0.1, 0.15) is 6.04 Å². The van der Waals surface area contributed by atoms with E-state index in [4.69, 9.17) is 0 Å². The van der Waals surface area contributed by atoms with Crippen LogP contribution < -0.4 is 10.6 Å². The van der Waals surface area contributed by atoms with Gasteiger partial charge in [0, 0.05) is 25.6 Å². The molecule has 1 atom stereocenters. The van der Waals surface area contributed by atoms with Gasteiger partial charge in [0.2, 0.25) is 17.7 Å². The molecule has 5 saturated carbocycles. The van der Waals surface area contributed by atoms with Gasteiger partial charge in [0.25, 0.3) is 0 Å². The largest absolute Gasteiger partial charge is 0.354 e. The summed E-state index contributed by atoms with van der Waals surface area (Å²) in [6.45, 7) is 1.63. The fourth-order valence-corrected chi connectivity index (χ4v) is 6.94. The summed E-state index contributed by atoms with van der Waals surface area (Å²) in [5, 5.41) is 5.83. The van der Waals surface area contributed by atoms with Gasteiger partial charge in [0.15, 0.2) is 0 Å². The van der Waals surface area contributed by atoms with Crippen LogP contribution in [0.2, 0.25) is 0 Å². The van der Waals surface area contributed by atoms with Gasteiger partial charge in [-0.15, -0.1) is 0 Å². The summed E-state index contributed by atoms with van der Waals surface area (Å²) in [6, 6.07) is -0.320. The molecular weight excluding hydrogens is 354 g/mol. The molecule has 6 rings (SSSR count). The van der Waals surface area contributed by atoms with Crippen molar-refractivity contribution in [3.05, 3.63) is 0 Å². The lowest BCUT2D eigenvalue weighted by Gasteiger charge is -2.56. The third-order valence-corrected chi connectivity index (χ3v) is 7.98. The minimum atomic E-state index is -0.320. The lowest BCUT2D eigenvalue weighted by atomic mass is 9.49. The van der Waals surface area contributed by atoms with Gasteiger partial charge in [-0.3, -0.25) is 14.4 Å². The maximum atomic E-state index is 13.6. The highest BCUT2D eigenvalue weighted by Gasteiger charge is 2.56. The SMILES string of the molecule is O=C(NCCNC(=O)C1CCCN1C(=O)C12CC3CC(CC(C3)C1)C2)C1CC1. The lowest BCUT2D eigenvalue weighted by Crippen LogP contribution is -2.57. The molecule has 0 radical (unpaired) electrons. The van der Waals surface area contributed by atoms with Gasteiger partial charge in [0.05, 0.1) is 5.41 Å². The summed E-state index contributed by atoms with van der Waals surface area (Å²) in [4.78, 5) is 39.9. The van der Waals surface area contributed by atoms with Gasteiger partial charge < -0.3 is 15.5 Å². The third-order valence-electron chi connectivity index (χ3n) is 7.98. The number of nitrogens with zero attached hydrogens (tertiary/aromatic N) is 1. The van der Waals surface area contributed by atoms with Crippen LogP contribution in [-0.4, -0.2) is 48.3 Å². The van der Waals surface area contributed by atoms with Gasteiger partial charge in [-0.25, -0.2) is 0 Å². The fraction of sp³-hybridized carbons (Fsp3) is 0.864. The van der Waals surface area contributed by atoms with Crippen LogP contribution in [0.3, 0.4) is 0 Å². The number of amides is 3. The number of carbonyl (C=O) groups is 3. The highest BCUT2D eigenvalue weighted by Crippen LogP contribution is 2.60. The molecule has 0 aromatic heterocycles. The Morgan fingerprint density at radius 2 is 1.39 bits per heavy atom. The van der Waals surface area contributed by atoms with E-state index in [2.05, 4.69) is 10.6 Å². The Morgan fingerprint density at radius 1 is 0.821 bits per heavy atom. The average Bonchev–Trinajstić information content (AvgIpc) is 3.40. The van der Waals surface area contributed by atoms with Crippen LogP contribution in [0.25, 0.3) is 0 Å².